The Bertz CT molecular complexity index is 879. The van der Waals surface area contributed by atoms with Gasteiger partial charge < -0.3 is 5.73 Å². The molecule has 3 aromatic rings. The summed E-state index contributed by atoms with van der Waals surface area (Å²) < 4.78 is 52.4. The maximum absolute atomic E-state index is 13.6. The average molecular weight is 374 g/mol. The monoisotopic (exact) mass is 374 g/mol. The summed E-state index contributed by atoms with van der Waals surface area (Å²) >= 11 is 2.30. The molecular weight excluding hydrogens is 364 g/mol. The minimum absolute atomic E-state index is 0.0508. The molecule has 0 saturated carbocycles. The van der Waals surface area contributed by atoms with Gasteiger partial charge in [0, 0.05) is 34.5 Å². The van der Waals surface area contributed by atoms with Gasteiger partial charge in [-0.3, -0.25) is 4.98 Å². The Hall–Kier alpha value is -1.94. The Morgan fingerprint density at radius 2 is 2.00 bits per heavy atom. The van der Waals surface area contributed by atoms with Gasteiger partial charge in [-0.15, -0.1) is 11.3 Å². The molecule has 0 aliphatic heterocycles. The number of nitrogens with zero attached hydrogens (tertiary/aromatic N) is 3. The Morgan fingerprint density at radius 1 is 1.21 bits per heavy atom. The Kier molecular flexibility index (Phi) is 4.59. The zero-order valence-electron chi connectivity index (χ0n) is 12.0. The van der Waals surface area contributed by atoms with E-state index in [1.165, 1.54) is 16.7 Å². The van der Waals surface area contributed by atoms with Gasteiger partial charge in [-0.05, 0) is 12.5 Å². The van der Waals surface area contributed by atoms with Crippen molar-refractivity contribution in [2.24, 2.45) is 0 Å². The van der Waals surface area contributed by atoms with E-state index in [0.29, 0.717) is 29.3 Å². The summed E-state index contributed by atoms with van der Waals surface area (Å²) in [6.07, 6.45) is -2.55. The number of halogens is 4. The molecule has 0 fully saturated rings. The standard InChI is InChI=1S/C14H10F4N4S2/c15-9-6-24-10-5-20-7(3-8(9)10)1-2-23-13-21-11(14(16,17)18)4-12(19)22-13/h3-6H,1-2H2,(H2,19,21,22). The van der Waals surface area contributed by atoms with E-state index < -0.39 is 11.9 Å². The van der Waals surface area contributed by atoms with Crippen molar-refractivity contribution in [1.82, 2.24) is 15.0 Å². The topological polar surface area (TPSA) is 64.7 Å². The van der Waals surface area contributed by atoms with Crippen molar-refractivity contribution in [2.45, 2.75) is 17.8 Å². The van der Waals surface area contributed by atoms with E-state index in [0.717, 1.165) is 16.5 Å². The van der Waals surface area contributed by atoms with E-state index in [-0.39, 0.29) is 16.8 Å². The smallest absolute Gasteiger partial charge is 0.384 e. The average Bonchev–Trinajstić information content (AvgIpc) is 2.87. The second-order valence-corrected chi connectivity index (χ2v) is 6.79. The lowest BCUT2D eigenvalue weighted by molar-refractivity contribution is -0.141. The molecular formula is C14H10F4N4S2. The van der Waals surface area contributed by atoms with Crippen LogP contribution in [0.4, 0.5) is 23.4 Å². The molecule has 0 bridgehead atoms. The van der Waals surface area contributed by atoms with Crippen LogP contribution >= 0.6 is 23.1 Å². The number of hydrogen-bond acceptors (Lipinski definition) is 6. The van der Waals surface area contributed by atoms with Crippen molar-refractivity contribution in [3.8, 4) is 0 Å². The number of aromatic nitrogens is 3. The summed E-state index contributed by atoms with van der Waals surface area (Å²) in [5, 5.41) is 1.85. The number of aryl methyl sites for hydroxylation is 1. The first-order valence-corrected chi connectivity index (χ1v) is 8.55. The van der Waals surface area contributed by atoms with Crippen LogP contribution in [0.15, 0.2) is 28.9 Å². The SMILES string of the molecule is Nc1cc(C(F)(F)F)nc(SCCc2cc3c(F)csc3cn2)n1. The quantitative estimate of drug-likeness (QED) is 0.422. The third kappa shape index (κ3) is 3.75. The molecule has 0 aromatic carbocycles. The fraction of sp³-hybridized carbons (Fsp3) is 0.214. The lowest BCUT2D eigenvalue weighted by Crippen LogP contribution is -2.11. The van der Waals surface area contributed by atoms with E-state index in [1.54, 1.807) is 12.3 Å². The maximum atomic E-state index is 13.6. The number of alkyl halides is 3. The largest absolute Gasteiger partial charge is 0.433 e. The van der Waals surface area contributed by atoms with Crippen LogP contribution in [0.2, 0.25) is 0 Å². The Morgan fingerprint density at radius 3 is 2.75 bits per heavy atom. The lowest BCUT2D eigenvalue weighted by atomic mass is 10.2. The number of hydrogen-bond donors (Lipinski definition) is 1. The second kappa shape index (κ2) is 6.52. The van der Waals surface area contributed by atoms with Gasteiger partial charge in [0.15, 0.2) is 10.9 Å². The van der Waals surface area contributed by atoms with Crippen LogP contribution in [0.5, 0.6) is 0 Å². The normalized spacial score (nSPS) is 12.0. The molecule has 0 radical (unpaired) electrons. The van der Waals surface area contributed by atoms with Gasteiger partial charge >= 0.3 is 6.18 Å². The van der Waals surface area contributed by atoms with Gasteiger partial charge in [-0.1, -0.05) is 11.8 Å². The van der Waals surface area contributed by atoms with Gasteiger partial charge in [0.1, 0.15) is 11.6 Å². The van der Waals surface area contributed by atoms with E-state index in [1.807, 2.05) is 0 Å². The molecule has 3 heterocycles. The van der Waals surface area contributed by atoms with Crippen LogP contribution < -0.4 is 5.73 Å². The molecule has 4 nitrogen and oxygen atoms in total. The summed E-state index contributed by atoms with van der Waals surface area (Å²) in [5.41, 5.74) is 4.96. The number of pyridine rings is 1. The Balaban J connectivity index is 1.69. The number of fused-ring (bicyclic) bond motifs is 1. The molecule has 0 saturated heterocycles. The third-order valence-electron chi connectivity index (χ3n) is 3.08. The Labute approximate surface area is 142 Å². The first-order valence-electron chi connectivity index (χ1n) is 6.69. The van der Waals surface area contributed by atoms with Gasteiger partial charge in [0.25, 0.3) is 0 Å². The van der Waals surface area contributed by atoms with Crippen molar-refractivity contribution in [2.75, 3.05) is 11.5 Å². The van der Waals surface area contributed by atoms with Gasteiger partial charge in [0.05, 0.1) is 4.70 Å². The number of thiophene rings is 1. The van der Waals surface area contributed by atoms with Crippen LogP contribution in [0.3, 0.4) is 0 Å². The van der Waals surface area contributed by atoms with Crippen LogP contribution in [0, 0.1) is 5.82 Å². The molecule has 0 atom stereocenters. The second-order valence-electron chi connectivity index (χ2n) is 4.81. The molecule has 0 unspecified atom stereocenters. The summed E-state index contributed by atoms with van der Waals surface area (Å²) in [6.45, 7) is 0. The van der Waals surface area contributed by atoms with Crippen LogP contribution in [0.25, 0.3) is 10.1 Å². The number of rotatable bonds is 4. The highest BCUT2D eigenvalue weighted by Gasteiger charge is 2.33. The van der Waals surface area contributed by atoms with Crippen LogP contribution in [-0.4, -0.2) is 20.7 Å². The van der Waals surface area contributed by atoms with E-state index in [9.17, 15) is 17.6 Å². The molecule has 0 aliphatic rings. The summed E-state index contributed by atoms with van der Waals surface area (Å²) in [5.74, 6) is -0.148. The molecule has 126 valence electrons. The van der Waals surface area contributed by atoms with E-state index >= 15 is 0 Å². The van der Waals surface area contributed by atoms with Gasteiger partial charge in [-0.25, -0.2) is 14.4 Å². The predicted molar refractivity (Wildman–Crippen MR) is 85.5 cm³/mol. The molecule has 0 aliphatic carbocycles. The number of thioether (sulfide) groups is 1. The molecule has 3 aromatic heterocycles. The van der Waals surface area contributed by atoms with E-state index in [4.69, 9.17) is 5.73 Å². The number of nitrogens with two attached hydrogens (primary N) is 1. The fourth-order valence-electron chi connectivity index (χ4n) is 1.98. The summed E-state index contributed by atoms with van der Waals surface area (Å²) in [7, 11) is 0. The molecule has 3 rings (SSSR count). The highest BCUT2D eigenvalue weighted by atomic mass is 32.2. The predicted octanol–water partition coefficient (Wildman–Crippen LogP) is 4.16. The van der Waals surface area contributed by atoms with Crippen molar-refractivity contribution in [1.29, 1.82) is 0 Å². The minimum Gasteiger partial charge on any atom is -0.384 e. The third-order valence-corrected chi connectivity index (χ3v) is 4.83. The molecule has 0 amide bonds. The number of anilines is 1. The first kappa shape index (κ1) is 16.9. The zero-order chi connectivity index (χ0) is 17.3. The van der Waals surface area contributed by atoms with Crippen LogP contribution in [0.1, 0.15) is 11.4 Å². The van der Waals surface area contributed by atoms with Crippen molar-refractivity contribution < 1.29 is 17.6 Å². The van der Waals surface area contributed by atoms with Crippen LogP contribution in [-0.2, 0) is 12.6 Å². The van der Waals surface area contributed by atoms with Gasteiger partial charge in [-0.2, -0.15) is 13.2 Å². The van der Waals surface area contributed by atoms with Crippen molar-refractivity contribution in [3.05, 3.63) is 40.9 Å². The number of nitrogen functional groups attached to an aromatic ring is 1. The van der Waals surface area contributed by atoms with E-state index in [2.05, 4.69) is 15.0 Å². The first-order chi connectivity index (χ1) is 11.3. The summed E-state index contributed by atoms with van der Waals surface area (Å²) in [6, 6.07) is 2.34. The molecule has 10 heteroatoms. The highest BCUT2D eigenvalue weighted by Crippen LogP contribution is 2.30. The lowest BCUT2D eigenvalue weighted by Gasteiger charge is -2.08. The molecule has 24 heavy (non-hydrogen) atoms. The maximum Gasteiger partial charge on any atom is 0.433 e. The fourth-order valence-corrected chi connectivity index (χ4v) is 3.56. The highest BCUT2D eigenvalue weighted by molar-refractivity contribution is 7.99. The zero-order valence-corrected chi connectivity index (χ0v) is 13.6. The molecule has 2 N–H and O–H groups in total. The molecule has 0 spiro atoms. The van der Waals surface area contributed by atoms with Crippen molar-refractivity contribution >= 4 is 39.0 Å². The summed E-state index contributed by atoms with van der Waals surface area (Å²) in [4.78, 5) is 11.5. The van der Waals surface area contributed by atoms with Gasteiger partial charge in [0.2, 0.25) is 0 Å². The van der Waals surface area contributed by atoms with Crippen molar-refractivity contribution in [3.63, 3.8) is 0 Å². The minimum atomic E-state index is -4.57.